The summed E-state index contributed by atoms with van der Waals surface area (Å²) >= 11 is 0. The molecule has 3 aliphatic rings. The van der Waals surface area contributed by atoms with Gasteiger partial charge in [-0.05, 0) is 79.4 Å². The number of fused-ring (bicyclic) bond motifs is 17. The molecule has 0 amide bonds. The third-order valence-electron chi connectivity index (χ3n) is 11.6. The average Bonchev–Trinajstić information content (AvgIpc) is 3.79. The van der Waals surface area contributed by atoms with E-state index in [-0.39, 0.29) is 5.41 Å². The Labute approximate surface area is 274 Å². The highest BCUT2D eigenvalue weighted by Gasteiger charge is 2.53. The standard InChI is InChI=1S/C46H31N/c1-45(2)37-18-8-3-13-29(37)33-24-23-28(27-41(33)45)47-42-22-12-7-17-34(42)36-26-25-35-32-16-6-11-21-40(32)46(43(35)44(36)47)38-19-9-4-14-30(38)31-15-5-10-20-39(31)46/h3-27H,1-2H3. The van der Waals surface area contributed by atoms with Gasteiger partial charge in [-0.15, -0.1) is 0 Å². The maximum atomic E-state index is 2.58. The summed E-state index contributed by atoms with van der Waals surface area (Å²) in [7, 11) is 0. The van der Waals surface area contributed by atoms with Crippen molar-refractivity contribution in [1.82, 2.24) is 4.57 Å². The van der Waals surface area contributed by atoms with Gasteiger partial charge in [0.2, 0.25) is 0 Å². The monoisotopic (exact) mass is 597 g/mol. The third-order valence-corrected chi connectivity index (χ3v) is 11.6. The lowest BCUT2D eigenvalue weighted by atomic mass is 9.70. The van der Waals surface area contributed by atoms with Crippen LogP contribution in [0.1, 0.15) is 47.2 Å². The molecular weight excluding hydrogens is 567 g/mol. The van der Waals surface area contributed by atoms with Crippen molar-refractivity contribution < 1.29 is 0 Å². The van der Waals surface area contributed by atoms with Gasteiger partial charge in [0.1, 0.15) is 0 Å². The Morgan fingerprint density at radius 3 is 1.55 bits per heavy atom. The van der Waals surface area contributed by atoms with Crippen molar-refractivity contribution in [2.75, 3.05) is 0 Å². The summed E-state index contributed by atoms with van der Waals surface area (Å²) in [5.41, 5.74) is 19.6. The molecule has 0 aliphatic heterocycles. The largest absolute Gasteiger partial charge is 0.309 e. The number of benzene rings is 7. The highest BCUT2D eigenvalue weighted by Crippen LogP contribution is 2.64. The first kappa shape index (κ1) is 25.5. The zero-order valence-electron chi connectivity index (χ0n) is 26.4. The fraction of sp³-hybridized carbons (Fsp3) is 0.0870. The predicted octanol–water partition coefficient (Wildman–Crippen LogP) is 11.4. The topological polar surface area (TPSA) is 4.93 Å². The Hall–Kier alpha value is -5.66. The van der Waals surface area contributed by atoms with E-state index in [9.17, 15) is 0 Å². The molecule has 1 spiro atoms. The van der Waals surface area contributed by atoms with Gasteiger partial charge in [-0.2, -0.15) is 0 Å². The van der Waals surface area contributed by atoms with Crippen LogP contribution in [0, 0.1) is 0 Å². The summed E-state index contributed by atoms with van der Waals surface area (Å²) in [6, 6.07) is 57.3. The van der Waals surface area contributed by atoms with Crippen LogP contribution in [-0.2, 0) is 10.8 Å². The fourth-order valence-electron chi connectivity index (χ4n) is 9.74. The molecule has 0 bridgehead atoms. The molecule has 7 aromatic carbocycles. The summed E-state index contributed by atoms with van der Waals surface area (Å²) in [5.74, 6) is 0. The molecule has 0 N–H and O–H groups in total. The Balaban J connectivity index is 1.32. The molecule has 3 aliphatic carbocycles. The van der Waals surface area contributed by atoms with Gasteiger partial charge in [0.25, 0.3) is 0 Å². The number of rotatable bonds is 1. The maximum Gasteiger partial charge on any atom is 0.0746 e. The number of hydrogen-bond donors (Lipinski definition) is 0. The molecule has 1 aromatic heterocycles. The zero-order chi connectivity index (χ0) is 31.1. The minimum Gasteiger partial charge on any atom is -0.309 e. The molecule has 0 saturated heterocycles. The van der Waals surface area contributed by atoms with Gasteiger partial charge in [-0.3, -0.25) is 0 Å². The summed E-state index contributed by atoms with van der Waals surface area (Å²) in [6.07, 6.45) is 0. The van der Waals surface area contributed by atoms with Crippen molar-refractivity contribution in [3.63, 3.8) is 0 Å². The summed E-state index contributed by atoms with van der Waals surface area (Å²) in [4.78, 5) is 0. The Kier molecular flexibility index (Phi) is 4.66. The molecule has 0 unspecified atom stereocenters. The summed E-state index contributed by atoms with van der Waals surface area (Å²) in [5, 5.41) is 2.59. The van der Waals surface area contributed by atoms with E-state index in [0.717, 1.165) is 0 Å². The second-order valence-corrected chi connectivity index (χ2v) is 14.0. The molecule has 0 saturated carbocycles. The first-order chi connectivity index (χ1) is 23.1. The highest BCUT2D eigenvalue weighted by molar-refractivity contribution is 6.14. The van der Waals surface area contributed by atoms with Crippen molar-refractivity contribution in [2.24, 2.45) is 0 Å². The van der Waals surface area contributed by atoms with Crippen molar-refractivity contribution >= 4 is 21.8 Å². The van der Waals surface area contributed by atoms with Crippen LogP contribution < -0.4 is 0 Å². The maximum absolute atomic E-state index is 2.58. The van der Waals surface area contributed by atoms with Gasteiger partial charge >= 0.3 is 0 Å². The Bertz CT molecular complexity index is 2600. The number of para-hydroxylation sites is 1. The van der Waals surface area contributed by atoms with Crippen LogP contribution in [-0.4, -0.2) is 4.57 Å². The fourth-order valence-corrected chi connectivity index (χ4v) is 9.74. The molecule has 1 heteroatoms. The molecule has 11 rings (SSSR count). The van der Waals surface area contributed by atoms with E-state index in [1.165, 1.54) is 94.3 Å². The normalized spacial score (nSPS) is 15.4. The van der Waals surface area contributed by atoms with E-state index in [1.807, 2.05) is 0 Å². The molecule has 0 radical (unpaired) electrons. The van der Waals surface area contributed by atoms with Gasteiger partial charge in [0, 0.05) is 27.4 Å². The van der Waals surface area contributed by atoms with Gasteiger partial charge < -0.3 is 4.57 Å². The van der Waals surface area contributed by atoms with Crippen molar-refractivity contribution in [3.05, 3.63) is 185 Å². The molecule has 0 atom stereocenters. The first-order valence-corrected chi connectivity index (χ1v) is 16.7. The molecule has 220 valence electrons. The molecule has 1 heterocycles. The SMILES string of the molecule is CC1(C)c2ccccc2-c2ccc(-n3c4ccccc4c4ccc5c(c43)C3(c4ccccc4-c4ccccc43)c3ccccc3-5)cc21. The predicted molar refractivity (Wildman–Crippen MR) is 195 cm³/mol. The summed E-state index contributed by atoms with van der Waals surface area (Å²) in [6.45, 7) is 4.76. The smallest absolute Gasteiger partial charge is 0.0746 e. The van der Waals surface area contributed by atoms with Crippen LogP contribution >= 0.6 is 0 Å². The molecular formula is C46H31N. The quantitative estimate of drug-likeness (QED) is 0.177. The van der Waals surface area contributed by atoms with Crippen LogP contribution in [0.2, 0.25) is 0 Å². The van der Waals surface area contributed by atoms with E-state index in [4.69, 9.17) is 0 Å². The molecule has 8 aromatic rings. The molecule has 47 heavy (non-hydrogen) atoms. The molecule has 0 fully saturated rings. The Morgan fingerprint density at radius 1 is 0.404 bits per heavy atom. The first-order valence-electron chi connectivity index (χ1n) is 16.7. The van der Waals surface area contributed by atoms with Crippen LogP contribution in [0.25, 0.3) is 60.9 Å². The molecule has 1 nitrogen and oxygen atoms in total. The Morgan fingerprint density at radius 2 is 0.894 bits per heavy atom. The second-order valence-electron chi connectivity index (χ2n) is 14.0. The van der Waals surface area contributed by atoms with Crippen LogP contribution in [0.3, 0.4) is 0 Å². The highest BCUT2D eigenvalue weighted by atomic mass is 15.0. The van der Waals surface area contributed by atoms with Gasteiger partial charge in [-0.25, -0.2) is 0 Å². The van der Waals surface area contributed by atoms with Gasteiger partial charge in [0.15, 0.2) is 0 Å². The minimum atomic E-state index is -0.420. The van der Waals surface area contributed by atoms with Crippen LogP contribution in [0.4, 0.5) is 0 Å². The van der Waals surface area contributed by atoms with Gasteiger partial charge in [0.05, 0.1) is 16.4 Å². The lowest BCUT2D eigenvalue weighted by molar-refractivity contribution is 0.660. The summed E-state index contributed by atoms with van der Waals surface area (Å²) < 4.78 is 2.58. The van der Waals surface area contributed by atoms with Crippen LogP contribution in [0.15, 0.2) is 152 Å². The van der Waals surface area contributed by atoms with E-state index < -0.39 is 5.41 Å². The number of nitrogens with zero attached hydrogens (tertiary/aromatic N) is 1. The minimum absolute atomic E-state index is 0.0799. The third kappa shape index (κ3) is 2.89. The average molecular weight is 598 g/mol. The van der Waals surface area contributed by atoms with Crippen molar-refractivity contribution in [1.29, 1.82) is 0 Å². The lowest BCUT2D eigenvalue weighted by Gasteiger charge is -2.31. The lowest BCUT2D eigenvalue weighted by Crippen LogP contribution is -2.26. The second kappa shape index (κ2) is 8.57. The van der Waals surface area contributed by atoms with E-state index >= 15 is 0 Å². The van der Waals surface area contributed by atoms with E-state index in [2.05, 4.69) is 170 Å². The van der Waals surface area contributed by atoms with Crippen LogP contribution in [0.5, 0.6) is 0 Å². The van der Waals surface area contributed by atoms with E-state index in [0.29, 0.717) is 0 Å². The van der Waals surface area contributed by atoms with Crippen molar-refractivity contribution in [3.8, 4) is 39.1 Å². The zero-order valence-corrected chi connectivity index (χ0v) is 26.4. The van der Waals surface area contributed by atoms with Crippen molar-refractivity contribution in [2.45, 2.75) is 24.7 Å². The van der Waals surface area contributed by atoms with E-state index in [1.54, 1.807) is 0 Å². The van der Waals surface area contributed by atoms with Gasteiger partial charge in [-0.1, -0.05) is 147 Å². The number of hydrogen-bond acceptors (Lipinski definition) is 0. The number of aromatic nitrogens is 1.